The fourth-order valence-corrected chi connectivity index (χ4v) is 5.83. The molecule has 0 aromatic heterocycles. The molecule has 1 N–H and O–H groups in total. The number of ether oxygens (including phenoxy) is 2. The molecule has 8 nitrogen and oxygen atoms in total. The number of hydrogen-bond acceptors (Lipinski definition) is 6. The zero-order valence-corrected chi connectivity index (χ0v) is 21.1. The number of carbonyl (C=O) groups excluding carboxylic acids is 1. The Hall–Kier alpha value is -3.56. The maximum absolute atomic E-state index is 13.6. The Morgan fingerprint density at radius 3 is 2.28 bits per heavy atom. The van der Waals surface area contributed by atoms with Gasteiger partial charge in [-0.2, -0.15) is 0 Å². The van der Waals surface area contributed by atoms with Gasteiger partial charge in [0.05, 0.1) is 30.3 Å². The lowest BCUT2D eigenvalue weighted by molar-refractivity contribution is -0.122. The molecular weight excluding hydrogens is 478 g/mol. The Kier molecular flexibility index (Phi) is 6.59. The van der Waals surface area contributed by atoms with Gasteiger partial charge in [0.25, 0.3) is 15.9 Å². The summed E-state index contributed by atoms with van der Waals surface area (Å²) in [5, 5.41) is 2.87. The van der Waals surface area contributed by atoms with E-state index in [1.807, 2.05) is 44.2 Å². The van der Waals surface area contributed by atoms with E-state index in [4.69, 9.17) is 9.47 Å². The van der Waals surface area contributed by atoms with Gasteiger partial charge >= 0.3 is 0 Å². The Labute approximate surface area is 211 Å². The molecule has 3 aromatic rings. The molecule has 0 spiro atoms. The topological polar surface area (TPSA) is 88.2 Å². The van der Waals surface area contributed by atoms with Crippen LogP contribution in [0.25, 0.3) is 0 Å². The van der Waals surface area contributed by atoms with E-state index in [2.05, 4.69) is 10.2 Å². The summed E-state index contributed by atoms with van der Waals surface area (Å²) in [4.78, 5) is 15.6. The number of hydrogen-bond donors (Lipinski definition) is 1. The summed E-state index contributed by atoms with van der Waals surface area (Å²) in [6, 6.07) is 19.6. The molecule has 1 fully saturated rings. The van der Waals surface area contributed by atoms with Gasteiger partial charge in [-0.15, -0.1) is 0 Å². The number of aryl methyl sites for hydroxylation is 2. The predicted octanol–water partition coefficient (Wildman–Crippen LogP) is 3.74. The van der Waals surface area contributed by atoms with Crippen LogP contribution in [-0.2, 0) is 19.6 Å². The van der Waals surface area contributed by atoms with Gasteiger partial charge in [-0.3, -0.25) is 9.10 Å². The summed E-state index contributed by atoms with van der Waals surface area (Å²) in [7, 11) is -3.91. The molecule has 2 aliphatic heterocycles. The zero-order chi connectivity index (χ0) is 25.3. The monoisotopic (exact) mass is 507 g/mol. The fourth-order valence-electron chi connectivity index (χ4n) is 4.36. The summed E-state index contributed by atoms with van der Waals surface area (Å²) in [5.41, 5.74) is 3.96. The zero-order valence-electron chi connectivity index (χ0n) is 20.3. The number of fused-ring (bicyclic) bond motifs is 1. The molecule has 2 heterocycles. The predicted molar refractivity (Wildman–Crippen MR) is 139 cm³/mol. The molecule has 0 saturated carbocycles. The Bertz CT molecular complexity index is 1350. The van der Waals surface area contributed by atoms with Crippen molar-refractivity contribution in [2.75, 3.05) is 47.4 Å². The SMILES string of the molecule is Cc1ccc(S(=O)(=O)N2C[C@@H](C(=O)Nc3ccc(N4CCOCC4)cc3)Oc3ccc(C)cc32)cc1. The van der Waals surface area contributed by atoms with Crippen LogP contribution in [-0.4, -0.2) is 53.3 Å². The van der Waals surface area contributed by atoms with Gasteiger partial charge in [0, 0.05) is 24.5 Å². The molecule has 0 aliphatic carbocycles. The highest BCUT2D eigenvalue weighted by Crippen LogP contribution is 2.38. The van der Waals surface area contributed by atoms with Crippen molar-refractivity contribution < 1.29 is 22.7 Å². The lowest BCUT2D eigenvalue weighted by Crippen LogP contribution is -2.48. The minimum Gasteiger partial charge on any atom is -0.476 e. The van der Waals surface area contributed by atoms with E-state index in [-0.39, 0.29) is 11.4 Å². The van der Waals surface area contributed by atoms with Crippen LogP contribution in [0.5, 0.6) is 5.75 Å². The van der Waals surface area contributed by atoms with Gasteiger partial charge in [0.15, 0.2) is 6.10 Å². The van der Waals surface area contributed by atoms with Crippen LogP contribution < -0.4 is 19.3 Å². The molecule has 36 heavy (non-hydrogen) atoms. The van der Waals surface area contributed by atoms with Crippen molar-refractivity contribution in [2.45, 2.75) is 24.8 Å². The summed E-state index contributed by atoms with van der Waals surface area (Å²) < 4.78 is 39.9. The molecule has 5 rings (SSSR count). The van der Waals surface area contributed by atoms with E-state index in [9.17, 15) is 13.2 Å². The highest BCUT2D eigenvalue weighted by Gasteiger charge is 2.37. The van der Waals surface area contributed by atoms with E-state index in [1.165, 1.54) is 4.31 Å². The first-order chi connectivity index (χ1) is 17.3. The Balaban J connectivity index is 1.38. The number of nitrogens with one attached hydrogen (secondary N) is 1. The Morgan fingerprint density at radius 1 is 0.917 bits per heavy atom. The second-order valence-electron chi connectivity index (χ2n) is 9.06. The largest absolute Gasteiger partial charge is 0.476 e. The molecule has 3 aromatic carbocycles. The molecule has 2 aliphatic rings. The number of morpholine rings is 1. The summed E-state index contributed by atoms with van der Waals surface area (Å²) in [6.45, 7) is 6.69. The molecule has 0 bridgehead atoms. The standard InChI is InChI=1S/C27H29N3O5S/c1-19-3-10-23(11-4-19)36(32,33)30-18-26(35-25-12-5-20(2)17-24(25)30)27(31)28-21-6-8-22(9-7-21)29-13-15-34-16-14-29/h3-12,17,26H,13-16,18H2,1-2H3,(H,28,31)/t26-/m0/s1. The molecule has 188 valence electrons. The first-order valence-corrected chi connectivity index (χ1v) is 13.4. The first-order valence-electron chi connectivity index (χ1n) is 11.9. The van der Waals surface area contributed by atoms with Crippen LogP contribution in [0.3, 0.4) is 0 Å². The molecule has 1 saturated heterocycles. The number of rotatable bonds is 5. The van der Waals surface area contributed by atoms with Crippen LogP contribution in [0.2, 0.25) is 0 Å². The number of amides is 1. The molecule has 1 amide bonds. The molecule has 0 unspecified atom stereocenters. The van der Waals surface area contributed by atoms with E-state index in [1.54, 1.807) is 36.4 Å². The van der Waals surface area contributed by atoms with Gasteiger partial charge < -0.3 is 19.7 Å². The van der Waals surface area contributed by atoms with Crippen LogP contribution >= 0.6 is 0 Å². The minimum absolute atomic E-state index is 0.135. The van der Waals surface area contributed by atoms with Crippen molar-refractivity contribution >= 4 is 33.0 Å². The lowest BCUT2D eigenvalue weighted by Gasteiger charge is -2.35. The number of anilines is 3. The number of nitrogens with zero attached hydrogens (tertiary/aromatic N) is 2. The average molecular weight is 508 g/mol. The van der Waals surface area contributed by atoms with E-state index in [0.717, 1.165) is 29.9 Å². The maximum atomic E-state index is 13.6. The summed E-state index contributed by atoms with van der Waals surface area (Å²) in [5.74, 6) is -0.0604. The lowest BCUT2D eigenvalue weighted by atomic mass is 10.1. The van der Waals surface area contributed by atoms with Gasteiger partial charge in [-0.05, 0) is 67.9 Å². The molecular formula is C27H29N3O5S. The fraction of sp³-hybridized carbons (Fsp3) is 0.296. The van der Waals surface area contributed by atoms with Crippen molar-refractivity contribution in [1.82, 2.24) is 0 Å². The third kappa shape index (κ3) is 4.89. The normalized spacial score (nSPS) is 17.8. The van der Waals surface area contributed by atoms with Crippen molar-refractivity contribution in [1.29, 1.82) is 0 Å². The van der Waals surface area contributed by atoms with Crippen LogP contribution in [0.1, 0.15) is 11.1 Å². The molecule has 9 heteroatoms. The average Bonchev–Trinajstić information content (AvgIpc) is 2.89. The maximum Gasteiger partial charge on any atom is 0.267 e. The van der Waals surface area contributed by atoms with Gasteiger partial charge in [0.2, 0.25) is 0 Å². The van der Waals surface area contributed by atoms with Crippen molar-refractivity contribution in [2.24, 2.45) is 0 Å². The van der Waals surface area contributed by atoms with E-state index < -0.39 is 22.0 Å². The second-order valence-corrected chi connectivity index (χ2v) is 10.9. The minimum atomic E-state index is -3.91. The van der Waals surface area contributed by atoms with Gasteiger partial charge in [-0.1, -0.05) is 23.8 Å². The first kappa shape index (κ1) is 24.1. The second kappa shape index (κ2) is 9.83. The van der Waals surface area contributed by atoms with Crippen LogP contribution in [0.4, 0.5) is 17.1 Å². The molecule has 1 atom stereocenters. The highest BCUT2D eigenvalue weighted by molar-refractivity contribution is 7.92. The number of carbonyl (C=O) groups is 1. The Morgan fingerprint density at radius 2 is 1.58 bits per heavy atom. The highest BCUT2D eigenvalue weighted by atomic mass is 32.2. The third-order valence-corrected chi connectivity index (χ3v) is 8.19. The quantitative estimate of drug-likeness (QED) is 0.566. The van der Waals surface area contributed by atoms with E-state index >= 15 is 0 Å². The van der Waals surface area contributed by atoms with Gasteiger partial charge in [0.1, 0.15) is 5.75 Å². The van der Waals surface area contributed by atoms with Crippen molar-refractivity contribution in [3.05, 3.63) is 77.9 Å². The number of benzene rings is 3. The molecule has 0 radical (unpaired) electrons. The van der Waals surface area contributed by atoms with Crippen LogP contribution in [0, 0.1) is 13.8 Å². The summed E-state index contributed by atoms with van der Waals surface area (Å²) >= 11 is 0. The van der Waals surface area contributed by atoms with Crippen molar-refractivity contribution in [3.8, 4) is 5.75 Å². The third-order valence-electron chi connectivity index (χ3n) is 6.40. The van der Waals surface area contributed by atoms with E-state index in [0.29, 0.717) is 30.3 Å². The number of sulfonamides is 1. The van der Waals surface area contributed by atoms with Gasteiger partial charge in [-0.25, -0.2) is 8.42 Å². The van der Waals surface area contributed by atoms with Crippen molar-refractivity contribution in [3.63, 3.8) is 0 Å². The summed E-state index contributed by atoms with van der Waals surface area (Å²) in [6.07, 6.45) is -1.01. The van der Waals surface area contributed by atoms with Crippen LogP contribution in [0.15, 0.2) is 71.6 Å². The smallest absolute Gasteiger partial charge is 0.267 e.